The van der Waals surface area contributed by atoms with Crippen LogP contribution in [0.3, 0.4) is 0 Å². The maximum atomic E-state index is 13.7. The summed E-state index contributed by atoms with van der Waals surface area (Å²) in [6, 6.07) is 2.45. The number of amides is 1. The molecule has 0 spiro atoms. The van der Waals surface area contributed by atoms with Crippen molar-refractivity contribution in [3.63, 3.8) is 0 Å². The molecule has 0 aliphatic rings. The first kappa shape index (κ1) is 18.8. The topological polar surface area (TPSA) is 64.0 Å². The molecule has 1 atom stereocenters. The zero-order valence-corrected chi connectivity index (χ0v) is 14.3. The van der Waals surface area contributed by atoms with Crippen molar-refractivity contribution in [2.24, 2.45) is 0 Å². The third-order valence-electron chi connectivity index (χ3n) is 3.66. The van der Waals surface area contributed by atoms with Crippen LogP contribution in [0, 0.1) is 19.7 Å². The molecule has 0 aliphatic carbocycles. The van der Waals surface area contributed by atoms with E-state index in [-0.39, 0.29) is 18.1 Å². The van der Waals surface area contributed by atoms with Gasteiger partial charge < -0.3 is 10.1 Å². The molecule has 0 fully saturated rings. The predicted octanol–water partition coefficient (Wildman–Crippen LogP) is 3.08. The van der Waals surface area contributed by atoms with Crippen LogP contribution in [0.5, 0.6) is 0 Å². The summed E-state index contributed by atoms with van der Waals surface area (Å²) in [5, 5.41) is 7.60. The molecule has 23 heavy (non-hydrogen) atoms. The number of hydrogen-bond acceptors (Lipinski definition) is 3. The van der Waals surface area contributed by atoms with Crippen molar-refractivity contribution in [3.05, 3.63) is 29.2 Å². The van der Waals surface area contributed by atoms with Crippen LogP contribution in [-0.2, 0) is 9.59 Å². The first-order chi connectivity index (χ1) is 11.0. The third kappa shape index (κ3) is 3.94. The highest BCUT2D eigenvalue weighted by Gasteiger charge is 2.19. The summed E-state index contributed by atoms with van der Waals surface area (Å²) < 4.78 is 15.2. The summed E-state index contributed by atoms with van der Waals surface area (Å²) in [6.07, 6.45) is 1.36. The lowest BCUT2D eigenvalue weighted by molar-refractivity contribution is -0.121. The van der Waals surface area contributed by atoms with Crippen LogP contribution in [0.4, 0.5) is 4.39 Å². The largest absolute Gasteiger partial charge is 0.359 e. The molecule has 1 aromatic heterocycles. The Kier molecular flexibility index (Phi) is 6.88. The molecule has 1 aromatic carbocycles. The summed E-state index contributed by atoms with van der Waals surface area (Å²) in [5.41, 5.74) is 1.90. The molecular formula is C17H24FN3O2. The lowest BCUT2D eigenvalue weighted by Gasteiger charge is -2.12. The first-order valence-electron chi connectivity index (χ1n) is 7.79. The molecule has 1 N–H and O–H groups in total. The van der Waals surface area contributed by atoms with Crippen LogP contribution in [0.25, 0.3) is 10.9 Å². The second-order valence-electron chi connectivity index (χ2n) is 5.01. The average Bonchev–Trinajstić information content (AvgIpc) is 2.90. The van der Waals surface area contributed by atoms with Crippen molar-refractivity contribution in [1.29, 1.82) is 0 Å². The fourth-order valence-corrected chi connectivity index (χ4v) is 2.49. The lowest BCUT2D eigenvalue weighted by atomic mass is 10.1. The van der Waals surface area contributed by atoms with Crippen molar-refractivity contribution >= 4 is 23.1 Å². The number of halogens is 1. The summed E-state index contributed by atoms with van der Waals surface area (Å²) in [6.45, 7) is 7.48. The van der Waals surface area contributed by atoms with Gasteiger partial charge in [0.05, 0.1) is 11.2 Å². The van der Waals surface area contributed by atoms with E-state index >= 15 is 0 Å². The summed E-state index contributed by atoms with van der Waals surface area (Å²) in [7, 11) is 1.55. The van der Waals surface area contributed by atoms with Gasteiger partial charge in [-0.05, 0) is 38.0 Å². The minimum absolute atomic E-state index is 0.128. The van der Waals surface area contributed by atoms with Gasteiger partial charge in [0.15, 0.2) is 0 Å². The van der Waals surface area contributed by atoms with Gasteiger partial charge in [-0.3, -0.25) is 9.48 Å². The van der Waals surface area contributed by atoms with Crippen LogP contribution in [0.2, 0.25) is 0 Å². The minimum atomic E-state index is -0.539. The van der Waals surface area contributed by atoms with Crippen LogP contribution >= 0.6 is 0 Å². The number of fused-ring (bicyclic) bond motifs is 1. The van der Waals surface area contributed by atoms with Gasteiger partial charge in [0.2, 0.25) is 5.91 Å². The van der Waals surface area contributed by atoms with E-state index in [1.165, 1.54) is 6.07 Å². The highest BCUT2D eigenvalue weighted by Crippen LogP contribution is 2.27. The zero-order valence-electron chi connectivity index (χ0n) is 14.3. The van der Waals surface area contributed by atoms with E-state index in [0.717, 1.165) is 11.7 Å². The molecule has 0 saturated carbocycles. The number of rotatable bonds is 5. The molecule has 0 radical (unpaired) electrons. The number of carbonyl (C=O) groups is 2. The van der Waals surface area contributed by atoms with E-state index in [9.17, 15) is 14.0 Å². The van der Waals surface area contributed by atoms with Gasteiger partial charge in [-0.1, -0.05) is 13.8 Å². The standard InChI is InChI=1S/C15H18FN3O2.C2H6/c1-9-12(16)5-6-13-15(9)10(2)18-19(13)11(8-20)4-7-14(21)17-3;1-2/h5-6,8,11H,4,7H2,1-3H3,(H,17,21);1-2H3. The molecule has 126 valence electrons. The Morgan fingerprint density at radius 2 is 2.04 bits per heavy atom. The van der Waals surface area contributed by atoms with Crippen molar-refractivity contribution in [2.75, 3.05) is 7.05 Å². The first-order valence-corrected chi connectivity index (χ1v) is 7.79. The molecule has 2 aromatic rings. The van der Waals surface area contributed by atoms with Gasteiger partial charge in [0.25, 0.3) is 0 Å². The predicted molar refractivity (Wildman–Crippen MR) is 88.9 cm³/mol. The Morgan fingerprint density at radius 3 is 2.61 bits per heavy atom. The van der Waals surface area contributed by atoms with Crippen molar-refractivity contribution in [1.82, 2.24) is 15.1 Å². The molecule has 0 bridgehead atoms. The number of carbonyl (C=O) groups excluding carboxylic acids is 2. The Morgan fingerprint density at radius 1 is 1.39 bits per heavy atom. The van der Waals surface area contributed by atoms with E-state index in [1.54, 1.807) is 31.6 Å². The van der Waals surface area contributed by atoms with Gasteiger partial charge in [0, 0.05) is 18.9 Å². The average molecular weight is 321 g/mol. The molecule has 2 rings (SSSR count). The van der Waals surface area contributed by atoms with Crippen LogP contribution in [0.1, 0.15) is 44.0 Å². The molecule has 0 aliphatic heterocycles. The highest BCUT2D eigenvalue weighted by atomic mass is 19.1. The number of benzene rings is 1. The van der Waals surface area contributed by atoms with Crippen LogP contribution in [0.15, 0.2) is 12.1 Å². The van der Waals surface area contributed by atoms with Gasteiger partial charge >= 0.3 is 0 Å². The molecule has 5 nitrogen and oxygen atoms in total. The molecular weight excluding hydrogens is 297 g/mol. The molecule has 6 heteroatoms. The number of nitrogens with one attached hydrogen (secondary N) is 1. The van der Waals surface area contributed by atoms with Gasteiger partial charge in [-0.25, -0.2) is 4.39 Å². The molecule has 1 unspecified atom stereocenters. The van der Waals surface area contributed by atoms with E-state index < -0.39 is 6.04 Å². The van der Waals surface area contributed by atoms with Gasteiger partial charge in [0.1, 0.15) is 18.1 Å². The van der Waals surface area contributed by atoms with Crippen molar-refractivity contribution in [3.8, 4) is 0 Å². The van der Waals surface area contributed by atoms with Gasteiger partial charge in [-0.15, -0.1) is 0 Å². The zero-order chi connectivity index (χ0) is 17.6. The Balaban J connectivity index is 0.00000127. The van der Waals surface area contributed by atoms with Crippen molar-refractivity contribution in [2.45, 2.75) is 46.6 Å². The third-order valence-corrected chi connectivity index (χ3v) is 3.66. The molecule has 1 heterocycles. The number of nitrogens with zero attached hydrogens (tertiary/aromatic N) is 2. The summed E-state index contributed by atoms with van der Waals surface area (Å²) in [5.74, 6) is -0.421. The van der Waals surface area contributed by atoms with Gasteiger partial charge in [-0.2, -0.15) is 5.10 Å². The fourth-order valence-electron chi connectivity index (χ4n) is 2.49. The maximum absolute atomic E-state index is 13.7. The second kappa shape index (κ2) is 8.41. The van der Waals surface area contributed by atoms with Crippen molar-refractivity contribution < 1.29 is 14.0 Å². The Labute approximate surface area is 135 Å². The maximum Gasteiger partial charge on any atom is 0.219 e. The quantitative estimate of drug-likeness (QED) is 0.861. The van der Waals surface area contributed by atoms with E-state index in [1.807, 2.05) is 13.8 Å². The number of aromatic nitrogens is 2. The van der Waals surface area contributed by atoms with E-state index in [0.29, 0.717) is 23.2 Å². The monoisotopic (exact) mass is 321 g/mol. The van der Waals surface area contributed by atoms with E-state index in [4.69, 9.17) is 0 Å². The fraction of sp³-hybridized carbons (Fsp3) is 0.471. The second-order valence-corrected chi connectivity index (χ2v) is 5.01. The number of aryl methyl sites for hydroxylation is 2. The SMILES string of the molecule is CC.CNC(=O)CCC(C=O)n1nc(C)c2c(C)c(F)ccc21. The molecule has 1 amide bonds. The van der Waals surface area contributed by atoms with Crippen LogP contribution in [-0.4, -0.2) is 29.0 Å². The molecule has 0 saturated heterocycles. The Hall–Kier alpha value is -2.24. The number of hydrogen-bond donors (Lipinski definition) is 1. The number of aldehydes is 1. The normalized spacial score (nSPS) is 11.6. The highest BCUT2D eigenvalue weighted by molar-refractivity contribution is 5.86. The summed E-state index contributed by atoms with van der Waals surface area (Å²) in [4.78, 5) is 22.7. The minimum Gasteiger partial charge on any atom is -0.359 e. The lowest BCUT2D eigenvalue weighted by Crippen LogP contribution is -2.20. The smallest absolute Gasteiger partial charge is 0.219 e. The Bertz CT molecular complexity index is 695. The van der Waals surface area contributed by atoms with E-state index in [2.05, 4.69) is 10.4 Å². The summed E-state index contributed by atoms with van der Waals surface area (Å²) >= 11 is 0. The van der Waals surface area contributed by atoms with Crippen LogP contribution < -0.4 is 5.32 Å².